The Morgan fingerprint density at radius 1 is 1.37 bits per heavy atom. The highest BCUT2D eigenvalue weighted by atomic mass is 32.2. The van der Waals surface area contributed by atoms with Crippen LogP contribution in [0.3, 0.4) is 0 Å². The minimum atomic E-state index is -4.64. The van der Waals surface area contributed by atoms with Gasteiger partial charge in [0.05, 0.1) is 30.9 Å². The summed E-state index contributed by atoms with van der Waals surface area (Å²) in [4.78, 5) is 21.0. The Hall–Kier alpha value is -3.41. The first-order valence-corrected chi connectivity index (χ1v) is 12.5. The molecule has 4 atom stereocenters. The molecule has 0 aliphatic heterocycles. The van der Waals surface area contributed by atoms with E-state index in [1.165, 1.54) is 16.9 Å². The molecule has 4 N–H and O–H groups in total. The molecular formula is C21H22F4N6O6S. The van der Waals surface area contributed by atoms with Crippen molar-refractivity contribution in [1.29, 1.82) is 0 Å². The molecule has 12 nitrogen and oxygen atoms in total. The normalized spacial score (nSPS) is 22.1. The van der Waals surface area contributed by atoms with Crippen LogP contribution in [0.15, 0.2) is 35.1 Å². The number of hydrogen-bond acceptors (Lipinski definition) is 10. The lowest BCUT2D eigenvalue weighted by Crippen LogP contribution is -2.33. The molecule has 0 aromatic carbocycles. The molecular weight excluding hydrogens is 540 g/mol. The monoisotopic (exact) mass is 562 g/mol. The fraction of sp³-hybridized carbons (Fsp3) is 0.429. The number of aliphatic hydroxyl groups is 1. The highest BCUT2D eigenvalue weighted by Crippen LogP contribution is 2.33. The summed E-state index contributed by atoms with van der Waals surface area (Å²) in [7, 11) is -4.29. The zero-order chi connectivity index (χ0) is 27.8. The number of nitrogens with zero attached hydrogens (tertiary/aromatic N) is 4. The first-order valence-electron chi connectivity index (χ1n) is 11.0. The summed E-state index contributed by atoms with van der Waals surface area (Å²) in [5.41, 5.74) is 0.288. The van der Waals surface area contributed by atoms with Crippen molar-refractivity contribution in [1.82, 2.24) is 19.7 Å². The molecule has 0 bridgehead atoms. The zero-order valence-electron chi connectivity index (χ0n) is 19.6. The molecule has 3 heterocycles. The van der Waals surface area contributed by atoms with Gasteiger partial charge in [-0.25, -0.2) is 19.5 Å². The van der Waals surface area contributed by atoms with Crippen LogP contribution in [0, 0.1) is 12.8 Å². The van der Waals surface area contributed by atoms with E-state index in [0.717, 1.165) is 18.5 Å². The second-order valence-electron chi connectivity index (χ2n) is 8.67. The van der Waals surface area contributed by atoms with Crippen molar-refractivity contribution in [3.63, 3.8) is 0 Å². The Morgan fingerprint density at radius 3 is 2.76 bits per heavy atom. The molecule has 3 aromatic rings. The quantitative estimate of drug-likeness (QED) is 0.257. The first-order chi connectivity index (χ1) is 17.7. The van der Waals surface area contributed by atoms with Gasteiger partial charge in [0, 0.05) is 17.8 Å². The zero-order valence-corrected chi connectivity index (χ0v) is 20.4. The summed E-state index contributed by atoms with van der Waals surface area (Å²) in [5, 5.41) is 21.8. The SMILES string of the molecule is Cc1cc(C(=O)c2cncnc2N[C@@H]2C[C@H](COS(N)(=O)=O)[C@@H](O)[C@@H]2F)nn1Cc1ccc(C(F)(F)F)o1. The van der Waals surface area contributed by atoms with Crippen LogP contribution in [0.1, 0.15) is 39.7 Å². The number of carbonyl (C=O) groups excluding carboxylic acids is 1. The molecule has 206 valence electrons. The average molecular weight is 563 g/mol. The highest BCUT2D eigenvalue weighted by Gasteiger charge is 2.44. The molecule has 1 fully saturated rings. The van der Waals surface area contributed by atoms with Gasteiger partial charge >= 0.3 is 16.5 Å². The topological polar surface area (TPSA) is 175 Å². The molecule has 3 aromatic heterocycles. The number of aromatic nitrogens is 4. The summed E-state index contributed by atoms with van der Waals surface area (Å²) in [5.74, 6) is -2.81. The standard InChI is InChI=1S/C21H22F4N6O6S/c1-10-4-15(30-31(10)7-12-2-3-16(37-12)21(23,24)25)19(33)13-6-27-9-28-20(13)29-14-5-11(18(32)17(14)22)8-36-38(26,34)35/h2-4,6,9,11,14,17-18,32H,5,7-8H2,1H3,(H2,26,34,35)(H,27,28,29)/t11-,14-,17-,18-/m1/s1. The number of nitrogens with one attached hydrogen (secondary N) is 1. The summed E-state index contributed by atoms with van der Waals surface area (Å²) in [6.07, 6.45) is -5.83. The van der Waals surface area contributed by atoms with Crippen LogP contribution in [0.5, 0.6) is 0 Å². The summed E-state index contributed by atoms with van der Waals surface area (Å²) in [6.45, 7) is 0.886. The van der Waals surface area contributed by atoms with E-state index in [0.29, 0.717) is 5.69 Å². The number of alkyl halides is 4. The highest BCUT2D eigenvalue weighted by molar-refractivity contribution is 7.84. The maximum Gasteiger partial charge on any atom is 0.449 e. The number of aryl methyl sites for hydroxylation is 1. The molecule has 0 amide bonds. The maximum absolute atomic E-state index is 14.8. The third-order valence-corrected chi connectivity index (χ3v) is 6.40. The van der Waals surface area contributed by atoms with Gasteiger partial charge < -0.3 is 14.8 Å². The lowest BCUT2D eigenvalue weighted by Gasteiger charge is -2.18. The van der Waals surface area contributed by atoms with Crippen LogP contribution in [-0.2, 0) is 27.2 Å². The van der Waals surface area contributed by atoms with Crippen LogP contribution in [0.25, 0.3) is 0 Å². The van der Waals surface area contributed by atoms with Crippen molar-refractivity contribution in [2.75, 3.05) is 11.9 Å². The molecule has 38 heavy (non-hydrogen) atoms. The minimum Gasteiger partial charge on any atom is -0.455 e. The van der Waals surface area contributed by atoms with Crippen molar-refractivity contribution in [3.8, 4) is 0 Å². The second kappa shape index (κ2) is 10.4. The van der Waals surface area contributed by atoms with Crippen molar-refractivity contribution in [3.05, 3.63) is 59.2 Å². The van der Waals surface area contributed by atoms with Gasteiger partial charge in [0.1, 0.15) is 29.8 Å². The van der Waals surface area contributed by atoms with E-state index in [-0.39, 0.29) is 35.8 Å². The third kappa shape index (κ3) is 6.17. The van der Waals surface area contributed by atoms with Gasteiger partial charge in [0.25, 0.3) is 0 Å². The largest absolute Gasteiger partial charge is 0.455 e. The Balaban J connectivity index is 1.50. The van der Waals surface area contributed by atoms with Crippen LogP contribution >= 0.6 is 0 Å². The summed E-state index contributed by atoms with van der Waals surface area (Å²) < 4.78 is 85.8. The van der Waals surface area contributed by atoms with Crippen LogP contribution in [0.4, 0.5) is 23.4 Å². The summed E-state index contributed by atoms with van der Waals surface area (Å²) >= 11 is 0. The molecule has 4 rings (SSSR count). The Kier molecular flexibility index (Phi) is 7.55. The van der Waals surface area contributed by atoms with Crippen molar-refractivity contribution in [2.24, 2.45) is 11.1 Å². The van der Waals surface area contributed by atoms with E-state index in [4.69, 9.17) is 9.56 Å². The van der Waals surface area contributed by atoms with Gasteiger partial charge in [-0.3, -0.25) is 13.7 Å². The minimum absolute atomic E-state index is 0.0253. The van der Waals surface area contributed by atoms with Gasteiger partial charge in [-0.2, -0.15) is 26.7 Å². The smallest absolute Gasteiger partial charge is 0.449 e. The average Bonchev–Trinajstić information content (AvgIpc) is 3.52. The van der Waals surface area contributed by atoms with Crippen molar-refractivity contribution < 1.29 is 44.5 Å². The van der Waals surface area contributed by atoms with Crippen LogP contribution in [0.2, 0.25) is 0 Å². The van der Waals surface area contributed by atoms with Crippen LogP contribution in [-0.4, -0.2) is 64.0 Å². The summed E-state index contributed by atoms with van der Waals surface area (Å²) in [6, 6.07) is 2.30. The predicted molar refractivity (Wildman–Crippen MR) is 121 cm³/mol. The van der Waals surface area contributed by atoms with Gasteiger partial charge in [0.2, 0.25) is 11.5 Å². The second-order valence-corrected chi connectivity index (χ2v) is 9.89. The van der Waals surface area contributed by atoms with E-state index in [9.17, 15) is 35.9 Å². The first kappa shape index (κ1) is 27.6. The van der Waals surface area contributed by atoms with E-state index < -0.39 is 58.9 Å². The maximum atomic E-state index is 14.8. The lowest BCUT2D eigenvalue weighted by molar-refractivity contribution is -0.153. The lowest BCUT2D eigenvalue weighted by atomic mass is 10.1. The number of anilines is 1. The predicted octanol–water partition coefficient (Wildman–Crippen LogP) is 1.59. The number of furan rings is 1. The molecule has 0 unspecified atom stereocenters. The molecule has 1 aliphatic rings. The Labute approximate surface area is 213 Å². The van der Waals surface area contributed by atoms with E-state index >= 15 is 0 Å². The van der Waals surface area contributed by atoms with Crippen LogP contribution < -0.4 is 10.5 Å². The van der Waals surface area contributed by atoms with Gasteiger partial charge in [0.15, 0.2) is 0 Å². The number of aliphatic hydroxyl groups excluding tert-OH is 1. The number of nitrogens with two attached hydrogens (primary N) is 1. The Morgan fingerprint density at radius 2 is 2.11 bits per heavy atom. The van der Waals surface area contributed by atoms with Gasteiger partial charge in [-0.15, -0.1) is 0 Å². The molecule has 0 saturated heterocycles. The fourth-order valence-electron chi connectivity index (χ4n) is 4.05. The third-order valence-electron chi connectivity index (χ3n) is 5.94. The molecule has 1 aliphatic carbocycles. The molecule has 17 heteroatoms. The number of carbonyl (C=O) groups is 1. The van der Waals surface area contributed by atoms with Crippen molar-refractivity contribution >= 4 is 21.9 Å². The van der Waals surface area contributed by atoms with Gasteiger partial charge in [-0.1, -0.05) is 0 Å². The Bertz CT molecular complexity index is 1430. The fourth-order valence-corrected chi connectivity index (χ4v) is 4.41. The molecule has 1 saturated carbocycles. The molecule has 0 radical (unpaired) electrons. The van der Waals surface area contributed by atoms with Gasteiger partial charge in [-0.05, 0) is 31.5 Å². The van der Waals surface area contributed by atoms with E-state index in [2.05, 4.69) is 24.6 Å². The van der Waals surface area contributed by atoms with E-state index in [1.807, 2.05) is 0 Å². The molecule has 0 spiro atoms. The number of hydrogen-bond donors (Lipinski definition) is 3. The number of halogens is 4. The van der Waals surface area contributed by atoms with Crippen molar-refractivity contribution in [2.45, 2.75) is 44.4 Å². The number of ketones is 1. The van der Waals surface area contributed by atoms with E-state index in [1.54, 1.807) is 6.92 Å². The number of rotatable bonds is 9.